The van der Waals surface area contributed by atoms with Gasteiger partial charge >= 0.3 is 0 Å². The Bertz CT molecular complexity index is 889. The topological polar surface area (TPSA) is 75.3 Å². The zero-order valence-electron chi connectivity index (χ0n) is 16.9. The second-order valence-corrected chi connectivity index (χ2v) is 8.22. The fourth-order valence-corrected chi connectivity index (χ4v) is 4.17. The average molecular weight is 411 g/mol. The molecule has 3 aliphatic heterocycles. The van der Waals surface area contributed by atoms with Crippen LogP contribution in [0.5, 0.6) is 5.75 Å². The van der Waals surface area contributed by atoms with Crippen LogP contribution in [0, 0.1) is 0 Å². The van der Waals surface area contributed by atoms with Crippen LogP contribution < -0.4 is 10.1 Å². The van der Waals surface area contributed by atoms with Crippen molar-refractivity contribution in [3.63, 3.8) is 0 Å². The number of rotatable bonds is 6. The summed E-state index contributed by atoms with van der Waals surface area (Å²) in [7, 11) is 0. The van der Waals surface area contributed by atoms with E-state index in [1.165, 1.54) is 0 Å². The normalized spacial score (nSPS) is 34.1. The van der Waals surface area contributed by atoms with Gasteiger partial charge in [0.15, 0.2) is 18.2 Å². The first kappa shape index (κ1) is 19.5. The SMILES string of the molecule is CC1(C)OC2OC(C3NC(=O)C3Oc3ccccc3)C(OCc3ccccc3)C2O1. The number of carbonyl (C=O) groups excluding carboxylic acids is 1. The zero-order valence-corrected chi connectivity index (χ0v) is 16.9. The summed E-state index contributed by atoms with van der Waals surface area (Å²) in [5.74, 6) is -0.290. The lowest BCUT2D eigenvalue weighted by Gasteiger charge is -2.41. The molecule has 0 saturated carbocycles. The van der Waals surface area contributed by atoms with Gasteiger partial charge in [-0.1, -0.05) is 48.5 Å². The van der Waals surface area contributed by atoms with Gasteiger partial charge in [0.05, 0.1) is 6.61 Å². The van der Waals surface area contributed by atoms with Gasteiger partial charge in [-0.3, -0.25) is 4.79 Å². The first-order chi connectivity index (χ1) is 14.5. The van der Waals surface area contributed by atoms with Crippen molar-refractivity contribution in [3.05, 3.63) is 66.2 Å². The van der Waals surface area contributed by atoms with E-state index in [-0.39, 0.29) is 18.1 Å². The van der Waals surface area contributed by atoms with Crippen LogP contribution in [-0.4, -0.2) is 48.4 Å². The molecule has 158 valence electrons. The number of hydrogen-bond donors (Lipinski definition) is 1. The summed E-state index contributed by atoms with van der Waals surface area (Å²) in [4.78, 5) is 12.2. The van der Waals surface area contributed by atoms with Crippen molar-refractivity contribution >= 4 is 5.91 Å². The van der Waals surface area contributed by atoms with Crippen LogP contribution in [0.2, 0.25) is 0 Å². The highest BCUT2D eigenvalue weighted by atomic mass is 16.8. The molecule has 6 atom stereocenters. The molecule has 7 heteroatoms. The molecule has 6 unspecified atom stereocenters. The fourth-order valence-electron chi connectivity index (χ4n) is 4.17. The molecular weight excluding hydrogens is 386 g/mol. The minimum absolute atomic E-state index is 0.173. The van der Waals surface area contributed by atoms with E-state index in [9.17, 15) is 4.79 Å². The van der Waals surface area contributed by atoms with E-state index in [4.69, 9.17) is 23.7 Å². The Morgan fingerprint density at radius 3 is 2.37 bits per heavy atom. The number of para-hydroxylation sites is 1. The summed E-state index contributed by atoms with van der Waals surface area (Å²) < 4.78 is 30.4. The lowest BCUT2D eigenvalue weighted by Crippen LogP contribution is -2.71. The highest BCUT2D eigenvalue weighted by Crippen LogP contribution is 2.41. The maximum atomic E-state index is 12.2. The van der Waals surface area contributed by atoms with Gasteiger partial charge < -0.3 is 29.0 Å². The van der Waals surface area contributed by atoms with E-state index in [2.05, 4.69) is 5.32 Å². The molecule has 0 aromatic heterocycles. The highest BCUT2D eigenvalue weighted by molar-refractivity contribution is 5.89. The van der Waals surface area contributed by atoms with Crippen LogP contribution in [0.15, 0.2) is 60.7 Å². The number of hydrogen-bond acceptors (Lipinski definition) is 6. The molecule has 30 heavy (non-hydrogen) atoms. The number of fused-ring (bicyclic) bond motifs is 1. The number of ether oxygens (including phenoxy) is 5. The molecule has 3 fully saturated rings. The number of β-lactam (4-membered cyclic amide) rings is 1. The fraction of sp³-hybridized carbons (Fsp3) is 0.435. The quantitative estimate of drug-likeness (QED) is 0.736. The molecule has 2 aromatic rings. The third-order valence-electron chi connectivity index (χ3n) is 5.57. The summed E-state index contributed by atoms with van der Waals surface area (Å²) in [5, 5.41) is 2.91. The first-order valence-corrected chi connectivity index (χ1v) is 10.2. The maximum Gasteiger partial charge on any atom is 0.263 e. The number of benzene rings is 2. The molecule has 3 heterocycles. The third-order valence-corrected chi connectivity index (χ3v) is 5.57. The molecule has 1 amide bonds. The predicted molar refractivity (Wildman–Crippen MR) is 107 cm³/mol. The Hall–Kier alpha value is -2.45. The lowest BCUT2D eigenvalue weighted by molar-refractivity contribution is -0.228. The van der Waals surface area contributed by atoms with Gasteiger partial charge in [-0.05, 0) is 31.5 Å². The molecule has 0 bridgehead atoms. The third kappa shape index (κ3) is 3.70. The Morgan fingerprint density at radius 2 is 1.67 bits per heavy atom. The molecule has 5 rings (SSSR count). The van der Waals surface area contributed by atoms with E-state index < -0.39 is 30.4 Å². The van der Waals surface area contributed by atoms with E-state index >= 15 is 0 Å². The Labute approximate surface area is 175 Å². The molecule has 0 radical (unpaired) electrons. The lowest BCUT2D eigenvalue weighted by atomic mass is 9.92. The molecule has 1 N–H and O–H groups in total. The van der Waals surface area contributed by atoms with Crippen LogP contribution in [0.3, 0.4) is 0 Å². The minimum Gasteiger partial charge on any atom is -0.478 e. The van der Waals surface area contributed by atoms with E-state index in [1.54, 1.807) is 0 Å². The van der Waals surface area contributed by atoms with Crippen molar-refractivity contribution in [1.82, 2.24) is 5.32 Å². The summed E-state index contributed by atoms with van der Waals surface area (Å²) >= 11 is 0. The van der Waals surface area contributed by atoms with E-state index in [0.717, 1.165) is 5.56 Å². The Balaban J connectivity index is 1.34. The van der Waals surface area contributed by atoms with Crippen LogP contribution in [-0.2, 0) is 30.3 Å². The summed E-state index contributed by atoms with van der Waals surface area (Å²) in [6, 6.07) is 18.8. The molecule has 3 aliphatic rings. The van der Waals surface area contributed by atoms with Crippen molar-refractivity contribution in [2.75, 3.05) is 0 Å². The standard InChI is InChI=1S/C23H25NO6/c1-23(2)29-20-19(26-13-14-9-5-3-6-10-14)17(28-22(20)30-23)16-18(21(25)24-16)27-15-11-7-4-8-12-15/h3-12,16-20,22H,13H2,1-2H3,(H,24,25). The zero-order chi connectivity index (χ0) is 20.7. The van der Waals surface area contributed by atoms with Crippen LogP contribution in [0.4, 0.5) is 0 Å². The first-order valence-electron chi connectivity index (χ1n) is 10.2. The van der Waals surface area contributed by atoms with Gasteiger partial charge in [-0.15, -0.1) is 0 Å². The van der Waals surface area contributed by atoms with Crippen molar-refractivity contribution in [2.24, 2.45) is 0 Å². The smallest absolute Gasteiger partial charge is 0.263 e. The highest BCUT2D eigenvalue weighted by Gasteiger charge is 2.61. The molecule has 2 aromatic carbocycles. The monoisotopic (exact) mass is 411 g/mol. The summed E-state index contributed by atoms with van der Waals surface area (Å²) in [6.45, 7) is 4.11. The minimum atomic E-state index is -0.753. The van der Waals surface area contributed by atoms with E-state index in [0.29, 0.717) is 12.4 Å². The second kappa shape index (κ2) is 7.67. The Morgan fingerprint density at radius 1 is 0.967 bits per heavy atom. The van der Waals surface area contributed by atoms with E-state index in [1.807, 2.05) is 74.5 Å². The van der Waals surface area contributed by atoms with Crippen molar-refractivity contribution < 1.29 is 28.5 Å². The maximum absolute atomic E-state index is 12.2. The number of amides is 1. The van der Waals surface area contributed by atoms with Crippen molar-refractivity contribution in [3.8, 4) is 5.75 Å². The number of nitrogens with one attached hydrogen (secondary N) is 1. The van der Waals surface area contributed by atoms with Crippen molar-refractivity contribution in [1.29, 1.82) is 0 Å². The molecule has 3 saturated heterocycles. The summed E-state index contributed by atoms with van der Waals surface area (Å²) in [5.41, 5.74) is 1.05. The largest absolute Gasteiger partial charge is 0.478 e. The van der Waals surface area contributed by atoms with Gasteiger partial charge in [-0.25, -0.2) is 0 Å². The van der Waals surface area contributed by atoms with Crippen molar-refractivity contribution in [2.45, 2.75) is 63.0 Å². The van der Waals surface area contributed by atoms with Gasteiger partial charge in [0.1, 0.15) is 30.1 Å². The molecule has 0 spiro atoms. The van der Waals surface area contributed by atoms with Crippen LogP contribution >= 0.6 is 0 Å². The van der Waals surface area contributed by atoms with Gasteiger partial charge in [0.2, 0.25) is 0 Å². The van der Waals surface area contributed by atoms with Crippen LogP contribution in [0.1, 0.15) is 19.4 Å². The van der Waals surface area contributed by atoms with Gasteiger partial charge in [0.25, 0.3) is 5.91 Å². The average Bonchev–Trinajstić information content (AvgIpc) is 3.21. The van der Waals surface area contributed by atoms with Gasteiger partial charge in [-0.2, -0.15) is 0 Å². The summed E-state index contributed by atoms with van der Waals surface area (Å²) in [6.07, 6.45) is -2.47. The predicted octanol–water partition coefficient (Wildman–Crippen LogP) is 2.39. The second-order valence-electron chi connectivity index (χ2n) is 8.22. The number of carbonyl (C=O) groups is 1. The van der Waals surface area contributed by atoms with Gasteiger partial charge in [0, 0.05) is 0 Å². The molecular formula is C23H25NO6. The van der Waals surface area contributed by atoms with Crippen LogP contribution in [0.25, 0.3) is 0 Å². The Kier molecular flexibility index (Phi) is 4.99. The molecule has 7 nitrogen and oxygen atoms in total. The molecule has 0 aliphatic carbocycles.